The van der Waals surface area contributed by atoms with Crippen LogP contribution in [0, 0.1) is 0 Å². The summed E-state index contributed by atoms with van der Waals surface area (Å²) in [6.07, 6.45) is 1.67. The molecule has 1 heterocycles. The van der Waals surface area contributed by atoms with E-state index in [-0.39, 0.29) is 18.5 Å². The molecule has 2 rings (SSSR count). The lowest BCUT2D eigenvalue weighted by Gasteiger charge is -2.39. The van der Waals surface area contributed by atoms with E-state index in [2.05, 4.69) is 0 Å². The Bertz CT molecular complexity index is 408. The van der Waals surface area contributed by atoms with Crippen molar-refractivity contribution in [3.8, 4) is 0 Å². The number of amides is 2. The van der Waals surface area contributed by atoms with Gasteiger partial charge in [0, 0.05) is 19.0 Å². The fraction of sp³-hybridized carbons (Fsp3) is 0.867. The Labute approximate surface area is 128 Å². The maximum atomic E-state index is 12.7. The third kappa shape index (κ3) is 4.88. The largest absolute Gasteiger partial charge is 0.406 e. The number of hydrogen-bond acceptors (Lipinski definition) is 2. The van der Waals surface area contributed by atoms with E-state index in [4.69, 9.17) is 0 Å². The zero-order chi connectivity index (χ0) is 16.2. The molecule has 22 heavy (non-hydrogen) atoms. The van der Waals surface area contributed by atoms with E-state index < -0.39 is 18.6 Å². The lowest BCUT2D eigenvalue weighted by atomic mass is 9.91. The molecular weight excluding hydrogens is 297 g/mol. The normalized spacial score (nSPS) is 21.0. The number of rotatable bonds is 4. The highest BCUT2D eigenvalue weighted by Crippen LogP contribution is 2.28. The van der Waals surface area contributed by atoms with Gasteiger partial charge >= 0.3 is 6.18 Å². The molecule has 2 amide bonds. The predicted molar refractivity (Wildman–Crippen MR) is 75.1 cm³/mol. The molecule has 0 aromatic rings. The molecule has 2 aliphatic rings. The van der Waals surface area contributed by atoms with Crippen LogP contribution in [0.1, 0.15) is 51.4 Å². The highest BCUT2D eigenvalue weighted by molar-refractivity contribution is 5.85. The molecule has 7 heteroatoms. The Hall–Kier alpha value is -1.27. The van der Waals surface area contributed by atoms with Gasteiger partial charge in [0.25, 0.3) is 0 Å². The molecule has 0 aromatic carbocycles. The maximum absolute atomic E-state index is 12.7. The second-order valence-electron chi connectivity index (χ2n) is 6.20. The molecule has 0 radical (unpaired) electrons. The average Bonchev–Trinajstić information content (AvgIpc) is 2.34. The fourth-order valence-corrected chi connectivity index (χ4v) is 2.95. The van der Waals surface area contributed by atoms with Gasteiger partial charge in [0.15, 0.2) is 0 Å². The van der Waals surface area contributed by atoms with E-state index in [9.17, 15) is 22.8 Å². The first-order chi connectivity index (χ1) is 10.4. The topological polar surface area (TPSA) is 40.6 Å². The molecule has 1 saturated carbocycles. The maximum Gasteiger partial charge on any atom is 0.406 e. The molecule has 1 aliphatic carbocycles. The second-order valence-corrected chi connectivity index (χ2v) is 6.20. The quantitative estimate of drug-likeness (QED) is 0.799. The van der Waals surface area contributed by atoms with Gasteiger partial charge in [0.2, 0.25) is 11.8 Å². The number of alkyl halides is 3. The van der Waals surface area contributed by atoms with Crippen molar-refractivity contribution in [2.75, 3.05) is 19.6 Å². The third-order valence-corrected chi connectivity index (χ3v) is 4.43. The average molecular weight is 320 g/mol. The summed E-state index contributed by atoms with van der Waals surface area (Å²) in [5.41, 5.74) is 0. The molecule has 0 aromatic heterocycles. The number of carbonyl (C=O) groups excluding carboxylic acids is 2. The Morgan fingerprint density at radius 3 is 2.41 bits per heavy atom. The molecule has 4 nitrogen and oxygen atoms in total. The van der Waals surface area contributed by atoms with Crippen LogP contribution in [0.4, 0.5) is 13.2 Å². The van der Waals surface area contributed by atoms with Crippen molar-refractivity contribution >= 4 is 11.8 Å². The monoisotopic (exact) mass is 320 g/mol. The van der Waals surface area contributed by atoms with Gasteiger partial charge in [-0.1, -0.05) is 12.8 Å². The van der Waals surface area contributed by atoms with Crippen LogP contribution < -0.4 is 0 Å². The van der Waals surface area contributed by atoms with Crippen molar-refractivity contribution in [1.29, 1.82) is 0 Å². The summed E-state index contributed by atoms with van der Waals surface area (Å²) in [5, 5.41) is 0. The standard InChI is InChI=1S/C15H23F3N2O2/c16-15(17,18)11-20(12-6-5-7-12)14(22)10-19-9-4-2-1-3-8-13(19)21/h12H,1-11H2. The lowest BCUT2D eigenvalue weighted by molar-refractivity contribution is -0.170. The molecule has 0 N–H and O–H groups in total. The number of likely N-dealkylation sites (tertiary alicyclic amines) is 1. The number of hydrogen-bond donors (Lipinski definition) is 0. The molecule has 1 aliphatic heterocycles. The zero-order valence-corrected chi connectivity index (χ0v) is 12.7. The zero-order valence-electron chi connectivity index (χ0n) is 12.7. The van der Waals surface area contributed by atoms with Crippen molar-refractivity contribution in [1.82, 2.24) is 9.80 Å². The summed E-state index contributed by atoms with van der Waals surface area (Å²) in [6, 6.07) is -0.320. The van der Waals surface area contributed by atoms with Crippen molar-refractivity contribution in [3.63, 3.8) is 0 Å². The van der Waals surface area contributed by atoms with Gasteiger partial charge in [-0.2, -0.15) is 13.2 Å². The summed E-state index contributed by atoms with van der Waals surface area (Å²) in [6.45, 7) is -0.959. The lowest BCUT2D eigenvalue weighted by Crippen LogP contribution is -2.52. The first-order valence-electron chi connectivity index (χ1n) is 8.01. The van der Waals surface area contributed by atoms with Gasteiger partial charge in [-0.25, -0.2) is 0 Å². The predicted octanol–water partition coefficient (Wildman–Crippen LogP) is 2.72. The smallest absolute Gasteiger partial charge is 0.333 e. The van der Waals surface area contributed by atoms with Gasteiger partial charge in [-0.15, -0.1) is 0 Å². The minimum atomic E-state index is -4.40. The number of carbonyl (C=O) groups is 2. The van der Waals surface area contributed by atoms with Crippen molar-refractivity contribution in [3.05, 3.63) is 0 Å². The Morgan fingerprint density at radius 1 is 1.14 bits per heavy atom. The van der Waals surface area contributed by atoms with Crippen LogP contribution >= 0.6 is 0 Å². The summed E-state index contributed by atoms with van der Waals surface area (Å²) >= 11 is 0. The van der Waals surface area contributed by atoms with Crippen molar-refractivity contribution in [2.24, 2.45) is 0 Å². The van der Waals surface area contributed by atoms with E-state index in [0.29, 0.717) is 25.8 Å². The molecule has 2 fully saturated rings. The molecule has 0 bridgehead atoms. The highest BCUT2D eigenvalue weighted by Gasteiger charge is 2.39. The summed E-state index contributed by atoms with van der Waals surface area (Å²) in [7, 11) is 0. The molecule has 0 unspecified atom stereocenters. The van der Waals surface area contributed by atoms with Gasteiger partial charge in [0.1, 0.15) is 6.54 Å². The second kappa shape index (κ2) is 7.33. The molecule has 0 atom stereocenters. The van der Waals surface area contributed by atoms with Crippen LogP contribution in [-0.4, -0.2) is 53.5 Å². The van der Waals surface area contributed by atoms with E-state index >= 15 is 0 Å². The highest BCUT2D eigenvalue weighted by atomic mass is 19.4. The molecular formula is C15H23F3N2O2. The minimum absolute atomic E-state index is 0.117. The van der Waals surface area contributed by atoms with E-state index in [0.717, 1.165) is 37.0 Å². The number of halogens is 3. The van der Waals surface area contributed by atoms with Gasteiger partial charge < -0.3 is 9.80 Å². The molecule has 0 spiro atoms. The summed E-state index contributed by atoms with van der Waals surface area (Å²) in [4.78, 5) is 26.7. The third-order valence-electron chi connectivity index (χ3n) is 4.43. The number of nitrogens with zero attached hydrogens (tertiary/aromatic N) is 2. The van der Waals surface area contributed by atoms with E-state index in [1.54, 1.807) is 0 Å². The van der Waals surface area contributed by atoms with E-state index in [1.165, 1.54) is 4.90 Å². The molecule has 126 valence electrons. The first kappa shape index (κ1) is 17.1. The summed E-state index contributed by atoms with van der Waals surface area (Å²) < 4.78 is 38.1. The van der Waals surface area contributed by atoms with Crippen LogP contribution in [0.5, 0.6) is 0 Å². The van der Waals surface area contributed by atoms with Gasteiger partial charge in [-0.05, 0) is 32.1 Å². The van der Waals surface area contributed by atoms with Crippen LogP contribution in [0.15, 0.2) is 0 Å². The van der Waals surface area contributed by atoms with Crippen LogP contribution in [0.25, 0.3) is 0 Å². The fourth-order valence-electron chi connectivity index (χ4n) is 2.95. The van der Waals surface area contributed by atoms with Crippen molar-refractivity contribution < 1.29 is 22.8 Å². The van der Waals surface area contributed by atoms with Gasteiger partial charge in [-0.3, -0.25) is 9.59 Å². The van der Waals surface area contributed by atoms with Crippen LogP contribution in [0.3, 0.4) is 0 Å². The Kier molecular flexibility index (Phi) is 5.69. The first-order valence-corrected chi connectivity index (χ1v) is 8.01. The Morgan fingerprint density at radius 2 is 1.82 bits per heavy atom. The minimum Gasteiger partial charge on any atom is -0.333 e. The molecule has 1 saturated heterocycles. The van der Waals surface area contributed by atoms with Gasteiger partial charge in [0.05, 0.1) is 6.54 Å². The van der Waals surface area contributed by atoms with E-state index in [1.807, 2.05) is 0 Å². The Balaban J connectivity index is 1.97. The summed E-state index contributed by atoms with van der Waals surface area (Å²) in [5.74, 6) is -0.690. The van der Waals surface area contributed by atoms with Crippen LogP contribution in [0.2, 0.25) is 0 Å². The van der Waals surface area contributed by atoms with Crippen molar-refractivity contribution in [2.45, 2.75) is 63.6 Å². The van der Waals surface area contributed by atoms with Crippen LogP contribution in [-0.2, 0) is 9.59 Å². The SMILES string of the molecule is O=C1CCCCCCN1CC(=O)N(CC(F)(F)F)C1CCC1.